The molecule has 9 nitrogen and oxygen atoms in total. The van der Waals surface area contributed by atoms with Crippen LogP contribution < -0.4 is 4.74 Å². The second kappa shape index (κ2) is 7.40. The maximum Gasteiger partial charge on any atom is 0.278 e. The van der Waals surface area contributed by atoms with E-state index < -0.39 is 0 Å². The molecule has 0 saturated heterocycles. The molecule has 0 radical (unpaired) electrons. The van der Waals surface area contributed by atoms with E-state index in [0.29, 0.717) is 23.8 Å². The van der Waals surface area contributed by atoms with Crippen molar-refractivity contribution in [2.45, 2.75) is 26.2 Å². The minimum atomic E-state index is 0.159. The molecule has 5 aromatic rings. The Balaban J connectivity index is 1.60. The van der Waals surface area contributed by atoms with E-state index in [4.69, 9.17) is 9.26 Å². The van der Waals surface area contributed by atoms with Gasteiger partial charge in [0.25, 0.3) is 5.89 Å². The summed E-state index contributed by atoms with van der Waals surface area (Å²) in [5.74, 6) is 1.96. The van der Waals surface area contributed by atoms with Gasteiger partial charge in [0, 0.05) is 24.0 Å². The molecule has 1 aliphatic heterocycles. The van der Waals surface area contributed by atoms with E-state index in [2.05, 4.69) is 25.4 Å². The highest BCUT2D eigenvalue weighted by Crippen LogP contribution is 2.36. The summed E-state index contributed by atoms with van der Waals surface area (Å²) in [6.07, 6.45) is 2.32. The molecule has 0 unspecified atom stereocenters. The molecule has 0 atom stereocenters. The Morgan fingerprint density at radius 1 is 1.00 bits per heavy atom. The average Bonchev–Trinajstić information content (AvgIpc) is 3.57. The number of aromatic nitrogens is 7. The van der Waals surface area contributed by atoms with Crippen molar-refractivity contribution >= 4 is 0 Å². The van der Waals surface area contributed by atoms with Crippen LogP contribution in [0.1, 0.15) is 37.0 Å². The lowest BCUT2D eigenvalue weighted by molar-refractivity contribution is 0.414. The van der Waals surface area contributed by atoms with Crippen molar-refractivity contribution in [1.29, 1.82) is 0 Å². The highest BCUT2D eigenvalue weighted by molar-refractivity contribution is 5.68. The van der Waals surface area contributed by atoms with Crippen molar-refractivity contribution in [1.82, 2.24) is 34.7 Å². The van der Waals surface area contributed by atoms with Crippen LogP contribution in [-0.2, 0) is 6.42 Å². The zero-order chi connectivity index (χ0) is 22.5. The Morgan fingerprint density at radius 2 is 1.85 bits per heavy atom. The zero-order valence-corrected chi connectivity index (χ0v) is 18.4. The Morgan fingerprint density at radius 3 is 2.61 bits per heavy atom. The Labute approximate surface area is 189 Å². The molecule has 2 aromatic carbocycles. The number of ether oxygens (including phenoxy) is 1. The van der Waals surface area contributed by atoms with Crippen molar-refractivity contribution in [3.63, 3.8) is 0 Å². The van der Waals surface area contributed by atoms with Gasteiger partial charge in [-0.2, -0.15) is 4.98 Å². The van der Waals surface area contributed by atoms with E-state index in [1.54, 1.807) is 13.4 Å². The lowest BCUT2D eigenvalue weighted by Gasteiger charge is -2.11. The zero-order valence-electron chi connectivity index (χ0n) is 18.4. The molecule has 33 heavy (non-hydrogen) atoms. The second-order valence-electron chi connectivity index (χ2n) is 8.22. The van der Waals surface area contributed by atoms with Gasteiger partial charge < -0.3 is 9.26 Å². The van der Waals surface area contributed by atoms with E-state index in [1.807, 2.05) is 71.6 Å². The van der Waals surface area contributed by atoms with E-state index in [-0.39, 0.29) is 5.92 Å². The number of hydrogen-bond acceptors (Lipinski definition) is 7. The molecule has 1 aliphatic rings. The van der Waals surface area contributed by atoms with Crippen molar-refractivity contribution in [2.75, 3.05) is 7.11 Å². The van der Waals surface area contributed by atoms with Gasteiger partial charge in [-0.25, -0.2) is 9.67 Å². The predicted molar refractivity (Wildman–Crippen MR) is 121 cm³/mol. The van der Waals surface area contributed by atoms with E-state index >= 15 is 0 Å². The standard InChI is InChI=1S/C24H21N7O2/c1-14(2)23-26-24(33-28-23)22-19-12-20-21(15-7-5-4-6-8-15)27-29-31(20)18-11-16(32-3)9-10-17(18)30(19)13-25-22/h4-11,13-14H,12H2,1-3H3. The topological polar surface area (TPSA) is 96.7 Å². The van der Waals surface area contributed by atoms with Crippen LogP contribution in [-0.4, -0.2) is 41.8 Å². The number of hydrogen-bond donors (Lipinski definition) is 0. The maximum atomic E-state index is 5.59. The summed E-state index contributed by atoms with van der Waals surface area (Å²) < 4.78 is 15.0. The number of imidazole rings is 1. The van der Waals surface area contributed by atoms with Crippen LogP contribution in [0.2, 0.25) is 0 Å². The summed E-state index contributed by atoms with van der Waals surface area (Å²) in [7, 11) is 1.65. The fraction of sp³-hybridized carbons (Fsp3) is 0.208. The Hall–Kier alpha value is -4.27. The van der Waals surface area contributed by atoms with Gasteiger partial charge in [0.15, 0.2) is 11.5 Å². The highest BCUT2D eigenvalue weighted by Gasteiger charge is 2.29. The third kappa shape index (κ3) is 3.04. The first-order valence-electron chi connectivity index (χ1n) is 10.7. The van der Waals surface area contributed by atoms with Gasteiger partial charge in [0.1, 0.15) is 17.8 Å². The summed E-state index contributed by atoms with van der Waals surface area (Å²) in [5.41, 5.74) is 6.12. The van der Waals surface area contributed by atoms with Crippen LogP contribution >= 0.6 is 0 Å². The normalized spacial score (nSPS) is 12.2. The van der Waals surface area contributed by atoms with Gasteiger partial charge in [0.2, 0.25) is 0 Å². The quantitative estimate of drug-likeness (QED) is 0.406. The molecule has 0 bridgehead atoms. The monoisotopic (exact) mass is 439 g/mol. The van der Waals surface area contributed by atoms with Crippen molar-refractivity contribution in [3.8, 4) is 40.0 Å². The SMILES string of the molecule is COc1ccc2c(c1)-n1nnc(-c3ccccc3)c1Cc1c(-c3nc(C(C)C)no3)ncn1-2. The summed E-state index contributed by atoms with van der Waals surface area (Å²) >= 11 is 0. The van der Waals surface area contributed by atoms with Crippen molar-refractivity contribution < 1.29 is 9.26 Å². The second-order valence-corrected chi connectivity index (χ2v) is 8.22. The minimum Gasteiger partial charge on any atom is -0.497 e. The van der Waals surface area contributed by atoms with Crippen LogP contribution in [0.25, 0.3) is 34.2 Å². The molecule has 6 rings (SSSR count). The van der Waals surface area contributed by atoms with Crippen molar-refractivity contribution in [3.05, 3.63) is 72.1 Å². The van der Waals surface area contributed by atoms with Crippen LogP contribution in [0, 0.1) is 0 Å². The third-order valence-corrected chi connectivity index (χ3v) is 5.84. The first-order chi connectivity index (χ1) is 16.1. The average molecular weight is 439 g/mol. The third-order valence-electron chi connectivity index (χ3n) is 5.84. The minimum absolute atomic E-state index is 0.159. The lowest BCUT2D eigenvalue weighted by atomic mass is 10.1. The van der Waals surface area contributed by atoms with Crippen LogP contribution in [0.3, 0.4) is 0 Å². The number of rotatable bonds is 4. The van der Waals surface area contributed by atoms with Crippen LogP contribution in [0.4, 0.5) is 0 Å². The molecular weight excluding hydrogens is 418 g/mol. The van der Waals surface area contributed by atoms with E-state index in [1.165, 1.54) is 0 Å². The van der Waals surface area contributed by atoms with Crippen LogP contribution in [0.5, 0.6) is 5.75 Å². The summed E-state index contributed by atoms with van der Waals surface area (Å²) in [4.78, 5) is 9.26. The first-order valence-corrected chi connectivity index (χ1v) is 10.7. The molecule has 9 heteroatoms. The fourth-order valence-electron chi connectivity index (χ4n) is 4.13. The molecular formula is C24H21N7O2. The van der Waals surface area contributed by atoms with Crippen molar-refractivity contribution in [2.24, 2.45) is 0 Å². The van der Waals surface area contributed by atoms with Gasteiger partial charge in [-0.3, -0.25) is 4.57 Å². The predicted octanol–water partition coefficient (Wildman–Crippen LogP) is 4.21. The number of nitrogens with zero attached hydrogens (tertiary/aromatic N) is 7. The first kappa shape index (κ1) is 19.4. The molecule has 4 heterocycles. The largest absolute Gasteiger partial charge is 0.497 e. The van der Waals surface area contributed by atoms with Gasteiger partial charge >= 0.3 is 0 Å². The Kier molecular flexibility index (Phi) is 4.36. The van der Waals surface area contributed by atoms with E-state index in [0.717, 1.165) is 39.8 Å². The van der Waals surface area contributed by atoms with Gasteiger partial charge in [-0.05, 0) is 12.1 Å². The molecule has 0 spiro atoms. The smallest absolute Gasteiger partial charge is 0.278 e. The fourth-order valence-corrected chi connectivity index (χ4v) is 4.13. The molecule has 0 amide bonds. The number of methoxy groups -OCH3 is 1. The lowest BCUT2D eigenvalue weighted by Crippen LogP contribution is -2.04. The highest BCUT2D eigenvalue weighted by atomic mass is 16.5. The summed E-state index contributed by atoms with van der Waals surface area (Å²) in [5, 5.41) is 13.2. The Bertz CT molecular complexity index is 1460. The van der Waals surface area contributed by atoms with E-state index in [9.17, 15) is 0 Å². The summed E-state index contributed by atoms with van der Waals surface area (Å²) in [6.45, 7) is 4.06. The number of fused-ring (bicyclic) bond motifs is 5. The molecule has 0 fully saturated rings. The molecule has 164 valence electrons. The molecule has 0 saturated carbocycles. The number of benzene rings is 2. The van der Waals surface area contributed by atoms with Gasteiger partial charge in [-0.15, -0.1) is 5.10 Å². The maximum absolute atomic E-state index is 5.59. The van der Waals surface area contributed by atoms with Gasteiger partial charge in [-0.1, -0.05) is 54.5 Å². The summed E-state index contributed by atoms with van der Waals surface area (Å²) in [6, 6.07) is 15.9. The van der Waals surface area contributed by atoms with Gasteiger partial charge in [0.05, 0.1) is 29.9 Å². The molecule has 0 N–H and O–H groups in total. The molecule has 0 aliphatic carbocycles. The van der Waals surface area contributed by atoms with Crippen LogP contribution in [0.15, 0.2) is 59.4 Å². The molecule has 3 aromatic heterocycles.